The molecule has 0 aliphatic carbocycles. The van der Waals surface area contributed by atoms with Crippen molar-refractivity contribution in [3.05, 3.63) is 0 Å². The molecule has 0 aromatic carbocycles. The fraction of sp³-hybridized carbons (Fsp3) is 1.00. The lowest BCUT2D eigenvalue weighted by Gasteiger charge is -2.32. The quantitative estimate of drug-likeness (QED) is 0.548. The van der Waals surface area contributed by atoms with Crippen molar-refractivity contribution in [1.29, 1.82) is 0 Å². The van der Waals surface area contributed by atoms with Crippen molar-refractivity contribution >= 4 is 18.2 Å². The van der Waals surface area contributed by atoms with Gasteiger partial charge in [-0.25, -0.2) is 4.57 Å². The number of hydrogen-bond donors (Lipinski definition) is 0. The minimum Gasteiger partial charge on any atom is -0.326 e. The zero-order valence-electron chi connectivity index (χ0n) is 10.5. The van der Waals surface area contributed by atoms with Crippen molar-refractivity contribution in [2.45, 2.75) is 20.3 Å². The molecule has 0 amide bonds. The van der Waals surface area contributed by atoms with Crippen LogP contribution in [0.1, 0.15) is 20.3 Å². The van der Waals surface area contributed by atoms with Crippen molar-refractivity contribution < 1.29 is 18.1 Å². The van der Waals surface area contributed by atoms with Gasteiger partial charge in [-0.15, -0.1) is 0 Å². The van der Waals surface area contributed by atoms with E-state index in [1.165, 1.54) is 11.4 Å². The SMILES string of the molecule is CC[N+](C)(CC)CCSP1(=O)OCCCO1. The van der Waals surface area contributed by atoms with Crippen LogP contribution in [0.15, 0.2) is 0 Å². The van der Waals surface area contributed by atoms with Gasteiger partial charge in [-0.3, -0.25) is 0 Å². The molecule has 1 rings (SSSR count). The molecule has 1 aliphatic rings. The van der Waals surface area contributed by atoms with E-state index >= 15 is 0 Å². The van der Waals surface area contributed by atoms with E-state index in [2.05, 4.69) is 20.9 Å². The van der Waals surface area contributed by atoms with Gasteiger partial charge in [-0.2, -0.15) is 0 Å². The molecule has 16 heavy (non-hydrogen) atoms. The minimum atomic E-state index is -2.81. The summed E-state index contributed by atoms with van der Waals surface area (Å²) in [6.07, 6.45) is 0.849. The smallest absolute Gasteiger partial charge is 0.326 e. The van der Waals surface area contributed by atoms with Gasteiger partial charge in [0.05, 0.1) is 45.6 Å². The Morgan fingerprint density at radius 1 is 1.25 bits per heavy atom. The fourth-order valence-corrected chi connectivity index (χ4v) is 4.92. The van der Waals surface area contributed by atoms with Crippen LogP contribution in [-0.4, -0.2) is 50.1 Å². The summed E-state index contributed by atoms with van der Waals surface area (Å²) >= 11 is 1.35. The summed E-state index contributed by atoms with van der Waals surface area (Å²) in [4.78, 5) is 0. The van der Waals surface area contributed by atoms with E-state index in [0.29, 0.717) is 13.2 Å². The lowest BCUT2D eigenvalue weighted by atomic mass is 10.4. The molecule has 1 fully saturated rings. The molecule has 1 heterocycles. The summed E-state index contributed by atoms with van der Waals surface area (Å²) in [6.45, 7) is 5.90. The first-order valence-corrected chi connectivity index (χ1v) is 9.04. The zero-order chi connectivity index (χ0) is 12.1. The summed E-state index contributed by atoms with van der Waals surface area (Å²) in [5, 5.41) is 0. The Morgan fingerprint density at radius 2 is 1.81 bits per heavy atom. The lowest BCUT2D eigenvalue weighted by molar-refractivity contribution is -0.903. The van der Waals surface area contributed by atoms with Gasteiger partial charge in [0.1, 0.15) is 0 Å². The first-order chi connectivity index (χ1) is 7.54. The first-order valence-electron chi connectivity index (χ1n) is 5.91. The van der Waals surface area contributed by atoms with Crippen LogP contribution < -0.4 is 0 Å². The van der Waals surface area contributed by atoms with Crippen molar-refractivity contribution in [2.24, 2.45) is 0 Å². The van der Waals surface area contributed by atoms with Crippen LogP contribution in [0.4, 0.5) is 0 Å². The van der Waals surface area contributed by atoms with Gasteiger partial charge in [0.15, 0.2) is 0 Å². The van der Waals surface area contributed by atoms with E-state index < -0.39 is 6.80 Å². The normalized spacial score (nSPS) is 20.9. The maximum atomic E-state index is 12.0. The highest BCUT2D eigenvalue weighted by atomic mass is 32.7. The molecule has 0 aromatic heterocycles. The molecule has 0 saturated carbocycles. The van der Waals surface area contributed by atoms with Gasteiger partial charge in [0, 0.05) is 0 Å². The second-order valence-electron chi connectivity index (χ2n) is 4.28. The van der Waals surface area contributed by atoms with E-state index in [4.69, 9.17) is 9.05 Å². The largest absolute Gasteiger partial charge is 0.389 e. The zero-order valence-corrected chi connectivity index (χ0v) is 12.2. The third kappa shape index (κ3) is 4.38. The number of quaternary nitrogens is 1. The van der Waals surface area contributed by atoms with Crippen LogP contribution in [0.3, 0.4) is 0 Å². The highest BCUT2D eigenvalue weighted by Crippen LogP contribution is 2.62. The summed E-state index contributed by atoms with van der Waals surface area (Å²) < 4.78 is 23.5. The summed E-state index contributed by atoms with van der Waals surface area (Å²) in [7, 11) is 2.22. The van der Waals surface area contributed by atoms with Gasteiger partial charge in [0.2, 0.25) is 0 Å². The molecule has 1 aliphatic heterocycles. The molecule has 1 saturated heterocycles. The highest BCUT2D eigenvalue weighted by molar-refractivity contribution is 8.55. The third-order valence-corrected chi connectivity index (χ3v) is 7.00. The summed E-state index contributed by atoms with van der Waals surface area (Å²) in [5.74, 6) is 0.829. The highest BCUT2D eigenvalue weighted by Gasteiger charge is 2.29. The second kappa shape index (κ2) is 6.41. The number of rotatable bonds is 6. The monoisotopic (exact) mass is 268 g/mol. The molecule has 0 spiro atoms. The van der Waals surface area contributed by atoms with Crippen LogP contribution in [0.25, 0.3) is 0 Å². The maximum absolute atomic E-state index is 12.0. The molecule has 4 nitrogen and oxygen atoms in total. The van der Waals surface area contributed by atoms with E-state index in [0.717, 1.165) is 36.3 Å². The number of nitrogens with zero attached hydrogens (tertiary/aromatic N) is 1. The Hall–Kier alpha value is 0.460. The van der Waals surface area contributed by atoms with E-state index in [9.17, 15) is 4.57 Å². The molecule has 96 valence electrons. The van der Waals surface area contributed by atoms with Crippen LogP contribution >= 0.6 is 18.2 Å². The Balaban J connectivity index is 2.31. The summed E-state index contributed by atoms with van der Waals surface area (Å²) in [5.41, 5.74) is 0. The Bertz CT molecular complexity index is 248. The van der Waals surface area contributed by atoms with Crippen molar-refractivity contribution in [3.63, 3.8) is 0 Å². The molecule has 0 atom stereocenters. The molecule has 0 unspecified atom stereocenters. The molecule has 0 N–H and O–H groups in total. The van der Waals surface area contributed by atoms with Gasteiger partial charge in [-0.1, -0.05) is 0 Å². The molecule has 6 heteroatoms. The number of hydrogen-bond acceptors (Lipinski definition) is 4. The van der Waals surface area contributed by atoms with Crippen LogP contribution in [0, 0.1) is 0 Å². The fourth-order valence-electron chi connectivity index (χ4n) is 1.44. The van der Waals surface area contributed by atoms with Crippen molar-refractivity contribution in [1.82, 2.24) is 0 Å². The average molecular weight is 268 g/mol. The van der Waals surface area contributed by atoms with Crippen LogP contribution in [0.2, 0.25) is 0 Å². The third-order valence-electron chi connectivity index (χ3n) is 3.19. The van der Waals surface area contributed by atoms with E-state index in [1.54, 1.807) is 0 Å². The first kappa shape index (κ1) is 14.5. The Kier molecular flexibility index (Phi) is 5.82. The maximum Gasteiger partial charge on any atom is 0.389 e. The predicted octanol–water partition coefficient (Wildman–Crippen LogP) is 2.75. The Labute approximate surface area is 103 Å². The molecule has 0 aromatic rings. The van der Waals surface area contributed by atoms with Gasteiger partial charge < -0.3 is 13.5 Å². The van der Waals surface area contributed by atoms with Gasteiger partial charge >= 0.3 is 6.80 Å². The van der Waals surface area contributed by atoms with Crippen LogP contribution in [-0.2, 0) is 13.6 Å². The minimum absolute atomic E-state index is 0.567. The molecular weight excluding hydrogens is 245 g/mol. The van der Waals surface area contributed by atoms with E-state index in [1.807, 2.05) is 0 Å². The Morgan fingerprint density at radius 3 is 2.31 bits per heavy atom. The van der Waals surface area contributed by atoms with Gasteiger partial charge in [-0.05, 0) is 31.7 Å². The standard InChI is InChI=1S/C10H23NO3PS/c1-4-11(3,5-2)7-10-16-15(12)13-8-6-9-14-15/h4-10H2,1-3H3/q+1. The lowest BCUT2D eigenvalue weighted by Crippen LogP contribution is -2.45. The van der Waals surface area contributed by atoms with Gasteiger partial charge in [0.25, 0.3) is 0 Å². The molecule has 0 bridgehead atoms. The van der Waals surface area contributed by atoms with E-state index in [-0.39, 0.29) is 0 Å². The van der Waals surface area contributed by atoms with Crippen molar-refractivity contribution in [3.8, 4) is 0 Å². The van der Waals surface area contributed by atoms with Crippen LogP contribution in [0.5, 0.6) is 0 Å². The second-order valence-corrected chi connectivity index (χ2v) is 8.47. The molecular formula is C10H23NO3PS+. The average Bonchev–Trinajstić information content (AvgIpc) is 2.29. The topological polar surface area (TPSA) is 35.5 Å². The molecule has 0 radical (unpaired) electrons. The predicted molar refractivity (Wildman–Crippen MR) is 68.7 cm³/mol. The van der Waals surface area contributed by atoms with Crippen molar-refractivity contribution in [2.75, 3.05) is 45.6 Å². The summed E-state index contributed by atoms with van der Waals surface area (Å²) in [6, 6.07) is 0.